The van der Waals surface area contributed by atoms with Gasteiger partial charge in [0, 0.05) is 37.7 Å². The van der Waals surface area contributed by atoms with Gasteiger partial charge in [0.2, 0.25) is 5.91 Å². The molecule has 2 aromatic rings. The van der Waals surface area contributed by atoms with E-state index in [0.29, 0.717) is 18.4 Å². The summed E-state index contributed by atoms with van der Waals surface area (Å²) in [6.45, 7) is 5.81. The van der Waals surface area contributed by atoms with Gasteiger partial charge in [0.1, 0.15) is 5.75 Å². The number of carbonyl (C=O) groups is 1. The topological polar surface area (TPSA) is 58.6 Å². The minimum Gasteiger partial charge on any atom is -0.494 e. The number of hydrogen-bond donors (Lipinski definition) is 0. The molecule has 1 aromatic carbocycles. The summed E-state index contributed by atoms with van der Waals surface area (Å²) in [7, 11) is 0. The Morgan fingerprint density at radius 1 is 1.04 bits per heavy atom. The van der Waals surface area contributed by atoms with E-state index < -0.39 is 0 Å². The van der Waals surface area contributed by atoms with Crippen LogP contribution in [0.2, 0.25) is 0 Å². The van der Waals surface area contributed by atoms with Crippen LogP contribution in [0, 0.1) is 5.92 Å². The van der Waals surface area contributed by atoms with Crippen LogP contribution in [0.3, 0.4) is 0 Å². The SMILES string of the molecule is CCOc1ccc(-c2ccc(N3CCN(C(=O)C4CC4)CC3)nn2)cc1. The van der Waals surface area contributed by atoms with Crippen molar-refractivity contribution in [1.82, 2.24) is 15.1 Å². The summed E-state index contributed by atoms with van der Waals surface area (Å²) in [5.41, 5.74) is 1.87. The van der Waals surface area contributed by atoms with Crippen molar-refractivity contribution in [3.8, 4) is 17.0 Å². The highest BCUT2D eigenvalue weighted by molar-refractivity contribution is 5.81. The van der Waals surface area contributed by atoms with Gasteiger partial charge in [-0.1, -0.05) is 0 Å². The molecule has 26 heavy (non-hydrogen) atoms. The van der Waals surface area contributed by atoms with Gasteiger partial charge in [0.25, 0.3) is 0 Å². The summed E-state index contributed by atoms with van der Waals surface area (Å²) in [6, 6.07) is 11.9. The Labute approximate surface area is 153 Å². The lowest BCUT2D eigenvalue weighted by molar-refractivity contribution is -0.132. The molecule has 1 aliphatic carbocycles. The number of piperazine rings is 1. The van der Waals surface area contributed by atoms with E-state index in [9.17, 15) is 4.79 Å². The van der Waals surface area contributed by atoms with Gasteiger partial charge in [-0.2, -0.15) is 0 Å². The number of ether oxygens (including phenoxy) is 1. The first-order valence-electron chi connectivity index (χ1n) is 9.35. The van der Waals surface area contributed by atoms with Gasteiger partial charge in [-0.05, 0) is 56.2 Å². The molecule has 0 unspecified atom stereocenters. The molecule has 2 heterocycles. The molecule has 136 valence electrons. The normalized spacial score (nSPS) is 17.3. The Morgan fingerprint density at radius 2 is 1.77 bits per heavy atom. The summed E-state index contributed by atoms with van der Waals surface area (Å²) in [4.78, 5) is 16.3. The first kappa shape index (κ1) is 16.8. The summed E-state index contributed by atoms with van der Waals surface area (Å²) in [6.07, 6.45) is 2.13. The van der Waals surface area contributed by atoms with Crippen LogP contribution in [0.5, 0.6) is 5.75 Å². The van der Waals surface area contributed by atoms with E-state index in [1.807, 2.05) is 48.2 Å². The predicted octanol–water partition coefficient (Wildman–Crippen LogP) is 2.60. The highest BCUT2D eigenvalue weighted by Crippen LogP contribution is 2.31. The zero-order chi connectivity index (χ0) is 17.9. The van der Waals surface area contributed by atoms with Crippen molar-refractivity contribution in [1.29, 1.82) is 0 Å². The lowest BCUT2D eigenvalue weighted by Crippen LogP contribution is -2.49. The van der Waals surface area contributed by atoms with Crippen molar-refractivity contribution < 1.29 is 9.53 Å². The number of rotatable bonds is 5. The molecule has 0 bridgehead atoms. The van der Waals surface area contributed by atoms with Crippen LogP contribution < -0.4 is 9.64 Å². The third kappa shape index (κ3) is 3.64. The van der Waals surface area contributed by atoms with Crippen LogP contribution in [0.25, 0.3) is 11.3 Å². The smallest absolute Gasteiger partial charge is 0.225 e. The van der Waals surface area contributed by atoms with Gasteiger partial charge >= 0.3 is 0 Å². The molecule has 0 atom stereocenters. The highest BCUT2D eigenvalue weighted by atomic mass is 16.5. The van der Waals surface area contributed by atoms with Gasteiger partial charge in [-0.15, -0.1) is 10.2 Å². The molecule has 1 aromatic heterocycles. The molecule has 4 rings (SSSR count). The Balaban J connectivity index is 1.37. The van der Waals surface area contributed by atoms with Crippen LogP contribution >= 0.6 is 0 Å². The van der Waals surface area contributed by atoms with Crippen LogP contribution in [0.1, 0.15) is 19.8 Å². The number of nitrogens with zero attached hydrogens (tertiary/aromatic N) is 4. The molecular formula is C20H24N4O2. The minimum absolute atomic E-state index is 0.301. The number of hydrogen-bond acceptors (Lipinski definition) is 5. The van der Waals surface area contributed by atoms with E-state index in [1.54, 1.807) is 0 Å². The van der Waals surface area contributed by atoms with Crippen molar-refractivity contribution in [3.05, 3.63) is 36.4 Å². The van der Waals surface area contributed by atoms with Crippen molar-refractivity contribution >= 4 is 11.7 Å². The number of aromatic nitrogens is 2. The number of amides is 1. The predicted molar refractivity (Wildman–Crippen MR) is 100 cm³/mol. The Morgan fingerprint density at radius 3 is 2.35 bits per heavy atom. The van der Waals surface area contributed by atoms with Crippen LogP contribution in [-0.2, 0) is 4.79 Å². The maximum absolute atomic E-state index is 12.1. The molecular weight excluding hydrogens is 328 g/mol. The number of anilines is 1. The minimum atomic E-state index is 0.301. The van der Waals surface area contributed by atoms with Crippen molar-refractivity contribution in [2.24, 2.45) is 5.92 Å². The summed E-state index contributed by atoms with van der Waals surface area (Å²) >= 11 is 0. The van der Waals surface area contributed by atoms with E-state index >= 15 is 0 Å². The van der Waals surface area contributed by atoms with E-state index in [-0.39, 0.29) is 0 Å². The van der Waals surface area contributed by atoms with Gasteiger partial charge in [-0.3, -0.25) is 4.79 Å². The summed E-state index contributed by atoms with van der Waals surface area (Å²) in [5.74, 6) is 2.37. The monoisotopic (exact) mass is 352 g/mol. The second-order valence-corrected chi connectivity index (χ2v) is 6.82. The maximum atomic E-state index is 12.1. The molecule has 2 fully saturated rings. The van der Waals surface area contributed by atoms with Crippen molar-refractivity contribution in [3.63, 3.8) is 0 Å². The molecule has 1 amide bonds. The van der Waals surface area contributed by atoms with Crippen LogP contribution in [0.4, 0.5) is 5.82 Å². The summed E-state index contributed by atoms with van der Waals surface area (Å²) in [5, 5.41) is 8.78. The molecule has 0 radical (unpaired) electrons. The largest absolute Gasteiger partial charge is 0.494 e. The molecule has 1 saturated heterocycles. The van der Waals surface area contributed by atoms with E-state index in [0.717, 1.165) is 61.8 Å². The Bertz CT molecular complexity index is 748. The Hall–Kier alpha value is -2.63. The second-order valence-electron chi connectivity index (χ2n) is 6.82. The summed E-state index contributed by atoms with van der Waals surface area (Å²) < 4.78 is 5.47. The zero-order valence-corrected chi connectivity index (χ0v) is 15.1. The molecule has 6 heteroatoms. The molecule has 0 N–H and O–H groups in total. The average molecular weight is 352 g/mol. The standard InChI is InChI=1S/C20H24N4O2/c1-2-26-17-7-5-15(6-8-17)18-9-10-19(22-21-18)23-11-13-24(14-12-23)20(25)16-3-4-16/h5-10,16H,2-4,11-14H2,1H3. The number of carbonyl (C=O) groups excluding carboxylic acids is 1. The average Bonchev–Trinajstić information content (AvgIpc) is 3.54. The van der Waals surface area contributed by atoms with Gasteiger partial charge < -0.3 is 14.5 Å². The third-order valence-electron chi connectivity index (χ3n) is 4.95. The maximum Gasteiger partial charge on any atom is 0.225 e. The lowest BCUT2D eigenvalue weighted by atomic mass is 10.1. The lowest BCUT2D eigenvalue weighted by Gasteiger charge is -2.35. The molecule has 6 nitrogen and oxygen atoms in total. The molecule has 1 aliphatic heterocycles. The zero-order valence-electron chi connectivity index (χ0n) is 15.1. The molecule has 1 saturated carbocycles. The van der Waals surface area contributed by atoms with Gasteiger partial charge in [-0.25, -0.2) is 0 Å². The Kier molecular flexibility index (Phi) is 4.73. The first-order valence-corrected chi connectivity index (χ1v) is 9.35. The molecule has 0 spiro atoms. The van der Waals surface area contributed by atoms with Crippen LogP contribution in [-0.4, -0.2) is 53.8 Å². The van der Waals surface area contributed by atoms with Crippen molar-refractivity contribution in [2.75, 3.05) is 37.7 Å². The van der Waals surface area contributed by atoms with Gasteiger partial charge in [0.15, 0.2) is 5.82 Å². The van der Waals surface area contributed by atoms with E-state index in [4.69, 9.17) is 4.74 Å². The first-order chi connectivity index (χ1) is 12.7. The van der Waals surface area contributed by atoms with E-state index in [1.165, 1.54) is 0 Å². The fourth-order valence-electron chi connectivity index (χ4n) is 3.28. The quantitative estimate of drug-likeness (QED) is 0.828. The fourth-order valence-corrected chi connectivity index (χ4v) is 3.28. The van der Waals surface area contributed by atoms with Crippen LogP contribution in [0.15, 0.2) is 36.4 Å². The van der Waals surface area contributed by atoms with Gasteiger partial charge in [0.05, 0.1) is 12.3 Å². The van der Waals surface area contributed by atoms with Crippen molar-refractivity contribution in [2.45, 2.75) is 19.8 Å². The van der Waals surface area contributed by atoms with E-state index in [2.05, 4.69) is 15.1 Å². The molecule has 2 aliphatic rings. The highest BCUT2D eigenvalue weighted by Gasteiger charge is 2.34. The fraction of sp³-hybridized carbons (Fsp3) is 0.450. The second kappa shape index (κ2) is 7.32. The number of benzene rings is 1. The third-order valence-corrected chi connectivity index (χ3v) is 4.95.